The number of nitrogens with two attached hydrogens (primary N) is 1. The minimum Gasteiger partial charge on any atom is -0.462 e. The maximum absolute atomic E-state index is 14.5. The third-order valence-corrected chi connectivity index (χ3v) is 4.99. The van der Waals surface area contributed by atoms with Crippen molar-refractivity contribution < 1.29 is 22.7 Å². The number of hydrogen-bond acceptors (Lipinski definition) is 4. The quantitative estimate of drug-likeness (QED) is 0.783. The molecule has 0 saturated carbocycles. The van der Waals surface area contributed by atoms with E-state index in [2.05, 4.69) is 10.3 Å². The van der Waals surface area contributed by atoms with E-state index in [-0.39, 0.29) is 17.3 Å². The number of halogens is 3. The van der Waals surface area contributed by atoms with E-state index in [9.17, 15) is 18.0 Å². The summed E-state index contributed by atoms with van der Waals surface area (Å²) in [6.45, 7) is 3.06. The Morgan fingerprint density at radius 1 is 1.21 bits per heavy atom. The number of amides is 1. The third-order valence-electron chi connectivity index (χ3n) is 4.99. The summed E-state index contributed by atoms with van der Waals surface area (Å²) in [5, 5.41) is 2.40. The van der Waals surface area contributed by atoms with Gasteiger partial charge in [-0.05, 0) is 37.3 Å². The fraction of sp³-hybridized carbons (Fsp3) is 0.300. The Kier molecular flexibility index (Phi) is 5.31. The van der Waals surface area contributed by atoms with E-state index in [1.165, 1.54) is 13.0 Å². The van der Waals surface area contributed by atoms with Gasteiger partial charge in [-0.25, -0.2) is 18.2 Å². The predicted octanol–water partition coefficient (Wildman–Crippen LogP) is 3.71. The lowest BCUT2D eigenvalue weighted by Gasteiger charge is -2.42. The normalized spacial score (nSPS) is 24.4. The average molecular weight is 391 g/mol. The van der Waals surface area contributed by atoms with Crippen LogP contribution in [0.3, 0.4) is 0 Å². The molecule has 2 aromatic carbocycles. The van der Waals surface area contributed by atoms with Crippen LogP contribution in [-0.2, 0) is 10.3 Å². The molecular weight excluding hydrogens is 371 g/mol. The number of carbonyl (C=O) groups excluding carboxylic acids is 1. The molecule has 3 atom stereocenters. The van der Waals surface area contributed by atoms with Crippen LogP contribution in [0.25, 0.3) is 0 Å². The van der Waals surface area contributed by atoms with Gasteiger partial charge in [-0.3, -0.25) is 10.1 Å². The molecule has 0 spiro atoms. The van der Waals surface area contributed by atoms with Gasteiger partial charge in [0.2, 0.25) is 0 Å². The molecule has 0 saturated heterocycles. The minimum absolute atomic E-state index is 0.132. The molecule has 5 nitrogen and oxygen atoms in total. The number of alkyl halides is 2. The van der Waals surface area contributed by atoms with Gasteiger partial charge >= 0.3 is 0 Å². The number of nitrogens with one attached hydrogen (secondary N) is 1. The smallest absolute Gasteiger partial charge is 0.293 e. The first-order valence-electron chi connectivity index (χ1n) is 8.72. The zero-order valence-electron chi connectivity index (χ0n) is 15.3. The fourth-order valence-corrected chi connectivity index (χ4v) is 3.27. The lowest BCUT2D eigenvalue weighted by Crippen LogP contribution is -2.52. The van der Waals surface area contributed by atoms with Crippen molar-refractivity contribution in [2.75, 3.05) is 5.73 Å². The van der Waals surface area contributed by atoms with Crippen LogP contribution in [0.1, 0.15) is 29.8 Å². The van der Waals surface area contributed by atoms with Gasteiger partial charge in [0.15, 0.2) is 5.54 Å². The van der Waals surface area contributed by atoms with E-state index in [0.717, 1.165) is 12.1 Å². The molecule has 3 rings (SSSR count). The van der Waals surface area contributed by atoms with Crippen LogP contribution in [0.2, 0.25) is 0 Å². The highest BCUT2D eigenvalue weighted by molar-refractivity contribution is 6.04. The average Bonchev–Trinajstić information content (AvgIpc) is 2.67. The van der Waals surface area contributed by atoms with Gasteiger partial charge in [0, 0.05) is 22.7 Å². The summed E-state index contributed by atoms with van der Waals surface area (Å²) in [5.41, 5.74) is 3.55. The van der Waals surface area contributed by atoms with Crippen molar-refractivity contribution in [2.24, 2.45) is 10.9 Å². The number of hydrogen-bond donors (Lipinski definition) is 2. The lowest BCUT2D eigenvalue weighted by molar-refractivity contribution is -0.0376. The second-order valence-electron chi connectivity index (χ2n) is 6.71. The highest BCUT2D eigenvalue weighted by atomic mass is 19.3. The number of nitrogens with zero attached hydrogens (tertiary/aromatic N) is 1. The molecule has 1 heterocycles. The molecule has 0 fully saturated rings. The number of aliphatic imine (C=N–C) groups is 1. The molecule has 1 unspecified atom stereocenters. The molecule has 1 aliphatic rings. The van der Waals surface area contributed by atoms with Gasteiger partial charge in [-0.15, -0.1) is 0 Å². The highest BCUT2D eigenvalue weighted by Crippen LogP contribution is 2.45. The number of amidine groups is 1. The first-order chi connectivity index (χ1) is 13.3. The maximum Gasteiger partial charge on any atom is 0.293 e. The number of anilines is 1. The highest BCUT2D eigenvalue weighted by Gasteiger charge is 2.54. The second-order valence-corrected chi connectivity index (χ2v) is 6.71. The van der Waals surface area contributed by atoms with Crippen LogP contribution in [0, 0.1) is 11.7 Å². The van der Waals surface area contributed by atoms with E-state index >= 15 is 0 Å². The molecule has 0 radical (unpaired) electrons. The Hall–Kier alpha value is -3.03. The van der Waals surface area contributed by atoms with Crippen LogP contribution in [0.4, 0.5) is 18.9 Å². The van der Waals surface area contributed by atoms with Crippen LogP contribution < -0.4 is 11.1 Å². The molecule has 0 aromatic heterocycles. The third kappa shape index (κ3) is 3.42. The summed E-state index contributed by atoms with van der Waals surface area (Å²) in [7, 11) is 0. The monoisotopic (exact) mass is 391 g/mol. The Morgan fingerprint density at radius 2 is 1.89 bits per heavy atom. The first-order valence-corrected chi connectivity index (χ1v) is 8.72. The molecule has 148 valence electrons. The number of rotatable bonds is 3. The van der Waals surface area contributed by atoms with E-state index in [0.29, 0.717) is 5.56 Å². The largest absolute Gasteiger partial charge is 0.462 e. The fourth-order valence-electron chi connectivity index (χ4n) is 3.27. The van der Waals surface area contributed by atoms with E-state index in [1.54, 1.807) is 37.3 Å². The van der Waals surface area contributed by atoms with Crippen molar-refractivity contribution in [1.82, 2.24) is 5.32 Å². The maximum atomic E-state index is 14.5. The molecule has 8 heteroatoms. The van der Waals surface area contributed by atoms with Gasteiger partial charge in [-0.1, -0.05) is 25.1 Å². The van der Waals surface area contributed by atoms with Gasteiger partial charge in [0.05, 0.1) is 0 Å². The van der Waals surface area contributed by atoms with Crippen molar-refractivity contribution in [1.29, 1.82) is 0 Å². The van der Waals surface area contributed by atoms with Crippen LogP contribution in [0.5, 0.6) is 0 Å². The van der Waals surface area contributed by atoms with Gasteiger partial charge in [0.1, 0.15) is 11.9 Å². The summed E-state index contributed by atoms with van der Waals surface area (Å²) in [4.78, 5) is 16.4. The molecule has 28 heavy (non-hydrogen) atoms. The summed E-state index contributed by atoms with van der Waals surface area (Å²) in [6, 6.07) is 11.2. The summed E-state index contributed by atoms with van der Waals surface area (Å²) in [6.07, 6.45) is -3.83. The lowest BCUT2D eigenvalue weighted by atomic mass is 9.76. The Bertz CT molecular complexity index is 905. The Balaban J connectivity index is 2.08. The van der Waals surface area contributed by atoms with Crippen molar-refractivity contribution in [3.05, 3.63) is 65.5 Å². The molecule has 1 amide bonds. The SMILES string of the molecule is CC1OC(NC(=O)c2ccccc2)=N[C@](c2cc(N)ccc2F)(C(F)F)[C@@H]1C. The molecule has 0 aliphatic carbocycles. The molecule has 0 bridgehead atoms. The predicted molar refractivity (Wildman–Crippen MR) is 99.5 cm³/mol. The van der Waals surface area contributed by atoms with E-state index in [4.69, 9.17) is 10.5 Å². The summed E-state index contributed by atoms with van der Waals surface area (Å²) in [5.74, 6) is -2.31. The Labute approximate surface area is 160 Å². The summed E-state index contributed by atoms with van der Waals surface area (Å²) >= 11 is 0. The molecule has 2 aromatic rings. The number of nitrogen functional groups attached to an aromatic ring is 1. The zero-order valence-corrected chi connectivity index (χ0v) is 15.3. The summed E-state index contributed by atoms with van der Waals surface area (Å²) < 4.78 is 48.7. The van der Waals surface area contributed by atoms with Crippen LogP contribution in [0.15, 0.2) is 53.5 Å². The Morgan fingerprint density at radius 3 is 2.54 bits per heavy atom. The molecular formula is C20H20F3N3O2. The van der Waals surface area contributed by atoms with Gasteiger partial charge < -0.3 is 10.5 Å². The van der Waals surface area contributed by atoms with Crippen molar-refractivity contribution in [3.8, 4) is 0 Å². The zero-order chi connectivity index (χ0) is 20.5. The standard InChI is InChI=1S/C20H20F3N3O2/c1-11-12(2)28-19(25-17(27)13-6-4-3-5-7-13)26-20(11,18(22)23)15-10-14(24)8-9-16(15)21/h3-12,18H,24H2,1-2H3,(H,25,26,27)/t11-,12?,20-/m1/s1. The number of carbonyl (C=O) groups is 1. The van der Waals surface area contributed by atoms with E-state index in [1.807, 2.05) is 0 Å². The second kappa shape index (κ2) is 7.53. The first kappa shape index (κ1) is 19.7. The topological polar surface area (TPSA) is 76.7 Å². The van der Waals surface area contributed by atoms with Gasteiger partial charge in [-0.2, -0.15) is 0 Å². The van der Waals surface area contributed by atoms with Crippen LogP contribution in [-0.4, -0.2) is 24.5 Å². The van der Waals surface area contributed by atoms with Crippen molar-refractivity contribution in [3.63, 3.8) is 0 Å². The van der Waals surface area contributed by atoms with Gasteiger partial charge in [0.25, 0.3) is 18.4 Å². The van der Waals surface area contributed by atoms with Crippen molar-refractivity contribution in [2.45, 2.75) is 31.9 Å². The van der Waals surface area contributed by atoms with Crippen molar-refractivity contribution >= 4 is 17.6 Å². The molecule has 3 N–H and O–H groups in total. The van der Waals surface area contributed by atoms with E-state index < -0.39 is 35.7 Å². The minimum atomic E-state index is -3.06. The number of benzene rings is 2. The van der Waals surface area contributed by atoms with Crippen LogP contribution >= 0.6 is 0 Å². The molecule has 1 aliphatic heterocycles. The number of ether oxygens (including phenoxy) is 1.